The molecule has 3 aromatic carbocycles. The van der Waals surface area contributed by atoms with Gasteiger partial charge in [0, 0.05) is 19.1 Å². The maximum absolute atomic E-state index is 13.3. The molecular formula is C28H34N2O4S. The largest absolute Gasteiger partial charge is 0.493 e. The molecule has 1 aliphatic heterocycles. The van der Waals surface area contributed by atoms with Crippen molar-refractivity contribution >= 4 is 10.0 Å². The zero-order chi connectivity index (χ0) is 25.2. The van der Waals surface area contributed by atoms with Gasteiger partial charge in [0.05, 0.1) is 25.2 Å². The van der Waals surface area contributed by atoms with Crippen LogP contribution in [0.15, 0.2) is 65.6 Å². The second-order valence-electron chi connectivity index (χ2n) is 9.28. The van der Waals surface area contributed by atoms with Gasteiger partial charge in [0.2, 0.25) is 10.0 Å². The number of hydrogen-bond donors (Lipinski definition) is 1. The van der Waals surface area contributed by atoms with E-state index in [4.69, 9.17) is 9.47 Å². The Labute approximate surface area is 208 Å². The van der Waals surface area contributed by atoms with Crippen molar-refractivity contribution in [1.82, 2.24) is 9.62 Å². The quantitative estimate of drug-likeness (QED) is 0.488. The van der Waals surface area contributed by atoms with Crippen molar-refractivity contribution in [2.45, 2.75) is 50.7 Å². The number of benzene rings is 3. The molecule has 2 atom stereocenters. The number of ether oxygens (including phenoxy) is 2. The molecule has 1 N–H and O–H groups in total. The molecule has 1 aliphatic rings. The Bertz CT molecular complexity index is 1270. The first-order valence-electron chi connectivity index (χ1n) is 11.8. The van der Waals surface area contributed by atoms with Crippen LogP contribution in [0.1, 0.15) is 40.8 Å². The van der Waals surface area contributed by atoms with E-state index in [1.54, 1.807) is 26.4 Å². The Morgan fingerprint density at radius 2 is 1.51 bits per heavy atom. The van der Waals surface area contributed by atoms with Gasteiger partial charge in [0.25, 0.3) is 0 Å². The van der Waals surface area contributed by atoms with Gasteiger partial charge in [-0.15, -0.1) is 0 Å². The number of rotatable bonds is 8. The Balaban J connectivity index is 1.71. The molecule has 0 radical (unpaired) electrons. The monoisotopic (exact) mass is 494 g/mol. The number of sulfonamides is 1. The summed E-state index contributed by atoms with van der Waals surface area (Å²) in [6.07, 6.45) is 0.843. The second-order valence-corrected chi connectivity index (χ2v) is 11.0. The molecule has 3 aromatic rings. The minimum atomic E-state index is -3.69. The highest BCUT2D eigenvalue weighted by molar-refractivity contribution is 7.89. The van der Waals surface area contributed by atoms with Crippen LogP contribution in [-0.4, -0.2) is 40.1 Å². The molecule has 0 saturated carbocycles. The third-order valence-electron chi connectivity index (χ3n) is 6.68. The standard InChI is InChI=1S/C28H34N2O4S/c1-19-6-10-22(11-7-19)18-30-15-14-23-16-26(33-4)27(34-5)17-25(23)28(30)21(3)29-35(31,32)24-12-8-20(2)9-13-24/h6-13,16-17,21,28-29H,14-15,18H2,1-5H3/t21-,28-/m1/s1. The van der Waals surface area contributed by atoms with Gasteiger partial charge >= 0.3 is 0 Å². The summed E-state index contributed by atoms with van der Waals surface area (Å²) in [4.78, 5) is 2.62. The highest BCUT2D eigenvalue weighted by Crippen LogP contribution is 2.40. The van der Waals surface area contributed by atoms with Crippen molar-refractivity contribution in [2.24, 2.45) is 0 Å². The van der Waals surface area contributed by atoms with Crippen LogP contribution in [0.2, 0.25) is 0 Å². The summed E-state index contributed by atoms with van der Waals surface area (Å²) in [6, 6.07) is 18.9. The SMILES string of the molecule is COc1cc2c(cc1OC)[C@@H]([C@@H](C)NS(=O)(=O)c1ccc(C)cc1)N(Cc1ccc(C)cc1)CC2. The maximum atomic E-state index is 13.3. The Kier molecular flexibility index (Phi) is 7.50. The average Bonchev–Trinajstić information content (AvgIpc) is 2.84. The highest BCUT2D eigenvalue weighted by atomic mass is 32.2. The lowest BCUT2D eigenvalue weighted by Crippen LogP contribution is -2.47. The average molecular weight is 495 g/mol. The van der Waals surface area contributed by atoms with E-state index in [9.17, 15) is 8.42 Å². The Hall–Kier alpha value is -2.87. The molecule has 4 rings (SSSR count). The van der Waals surface area contributed by atoms with Crippen molar-refractivity contribution in [1.29, 1.82) is 0 Å². The fourth-order valence-corrected chi connectivity index (χ4v) is 6.06. The minimum Gasteiger partial charge on any atom is -0.493 e. The molecule has 35 heavy (non-hydrogen) atoms. The van der Waals surface area contributed by atoms with E-state index in [1.807, 2.05) is 38.1 Å². The van der Waals surface area contributed by atoms with Crippen LogP contribution in [0.5, 0.6) is 11.5 Å². The first kappa shape index (κ1) is 25.2. The molecule has 1 heterocycles. The van der Waals surface area contributed by atoms with E-state index >= 15 is 0 Å². The maximum Gasteiger partial charge on any atom is 0.240 e. The van der Waals surface area contributed by atoms with Crippen molar-refractivity contribution in [3.63, 3.8) is 0 Å². The molecule has 0 fully saturated rings. The van der Waals surface area contributed by atoms with E-state index < -0.39 is 10.0 Å². The van der Waals surface area contributed by atoms with Gasteiger partial charge in [-0.2, -0.15) is 0 Å². The molecule has 7 heteroatoms. The van der Waals surface area contributed by atoms with Gasteiger partial charge in [-0.05, 0) is 68.1 Å². The molecule has 0 unspecified atom stereocenters. The van der Waals surface area contributed by atoms with Crippen LogP contribution in [-0.2, 0) is 23.0 Å². The number of nitrogens with zero attached hydrogens (tertiary/aromatic N) is 1. The molecule has 6 nitrogen and oxygen atoms in total. The van der Waals surface area contributed by atoms with Crippen molar-refractivity contribution in [2.75, 3.05) is 20.8 Å². The second kappa shape index (κ2) is 10.4. The van der Waals surface area contributed by atoms with Crippen molar-refractivity contribution in [3.8, 4) is 11.5 Å². The van der Waals surface area contributed by atoms with Crippen LogP contribution in [0.25, 0.3) is 0 Å². The van der Waals surface area contributed by atoms with Gasteiger partial charge in [0.1, 0.15) is 0 Å². The van der Waals surface area contributed by atoms with Gasteiger partial charge in [0.15, 0.2) is 11.5 Å². The van der Waals surface area contributed by atoms with Gasteiger partial charge in [-0.3, -0.25) is 4.90 Å². The lowest BCUT2D eigenvalue weighted by Gasteiger charge is -2.41. The smallest absolute Gasteiger partial charge is 0.240 e. The molecule has 0 saturated heterocycles. The third-order valence-corrected chi connectivity index (χ3v) is 8.25. The van der Waals surface area contributed by atoms with Gasteiger partial charge in [-0.1, -0.05) is 47.5 Å². The molecule has 0 amide bonds. The number of aryl methyl sites for hydroxylation is 2. The lowest BCUT2D eigenvalue weighted by atomic mass is 9.88. The van der Waals surface area contributed by atoms with Crippen LogP contribution in [0.3, 0.4) is 0 Å². The fourth-order valence-electron chi connectivity index (χ4n) is 4.81. The molecule has 0 aromatic heterocycles. The summed E-state index contributed by atoms with van der Waals surface area (Å²) >= 11 is 0. The van der Waals surface area contributed by atoms with Crippen molar-refractivity contribution < 1.29 is 17.9 Å². The van der Waals surface area contributed by atoms with E-state index in [0.717, 1.165) is 36.2 Å². The number of hydrogen-bond acceptors (Lipinski definition) is 5. The summed E-state index contributed by atoms with van der Waals surface area (Å²) in [5.74, 6) is 1.33. The zero-order valence-electron chi connectivity index (χ0n) is 21.0. The summed E-state index contributed by atoms with van der Waals surface area (Å²) < 4.78 is 40.6. The van der Waals surface area contributed by atoms with E-state index in [-0.39, 0.29) is 17.0 Å². The predicted octanol–water partition coefficient (Wildman–Crippen LogP) is 4.79. The molecule has 0 spiro atoms. The minimum absolute atomic E-state index is 0.180. The van der Waals surface area contributed by atoms with E-state index in [1.165, 1.54) is 11.1 Å². The highest BCUT2D eigenvalue weighted by Gasteiger charge is 2.35. The third kappa shape index (κ3) is 5.53. The summed E-state index contributed by atoms with van der Waals surface area (Å²) in [6.45, 7) is 7.47. The summed E-state index contributed by atoms with van der Waals surface area (Å²) in [7, 11) is -0.439. The summed E-state index contributed by atoms with van der Waals surface area (Å²) in [5.41, 5.74) is 5.63. The summed E-state index contributed by atoms with van der Waals surface area (Å²) in [5, 5.41) is 0. The first-order valence-corrected chi connectivity index (χ1v) is 13.3. The van der Waals surface area contributed by atoms with Crippen LogP contribution < -0.4 is 14.2 Å². The van der Waals surface area contributed by atoms with Crippen molar-refractivity contribution in [3.05, 3.63) is 88.5 Å². The Morgan fingerprint density at radius 3 is 2.11 bits per heavy atom. The molecular weight excluding hydrogens is 460 g/mol. The Morgan fingerprint density at radius 1 is 0.943 bits per heavy atom. The predicted molar refractivity (Wildman–Crippen MR) is 139 cm³/mol. The number of nitrogens with one attached hydrogen (secondary N) is 1. The van der Waals surface area contributed by atoms with Crippen LogP contribution in [0.4, 0.5) is 0 Å². The fraction of sp³-hybridized carbons (Fsp3) is 0.357. The zero-order valence-corrected chi connectivity index (χ0v) is 21.9. The lowest BCUT2D eigenvalue weighted by molar-refractivity contribution is 0.150. The van der Waals surface area contributed by atoms with Crippen LogP contribution in [0, 0.1) is 13.8 Å². The number of fused-ring (bicyclic) bond motifs is 1. The van der Waals surface area contributed by atoms with Gasteiger partial charge in [-0.25, -0.2) is 13.1 Å². The van der Waals surface area contributed by atoms with E-state index in [0.29, 0.717) is 11.5 Å². The molecule has 186 valence electrons. The topological polar surface area (TPSA) is 67.9 Å². The first-order chi connectivity index (χ1) is 16.7. The van der Waals surface area contributed by atoms with Crippen LogP contribution >= 0.6 is 0 Å². The normalized spacial score (nSPS) is 17.0. The molecule has 0 bridgehead atoms. The number of methoxy groups -OCH3 is 2. The van der Waals surface area contributed by atoms with E-state index in [2.05, 4.69) is 40.8 Å². The van der Waals surface area contributed by atoms with Gasteiger partial charge < -0.3 is 9.47 Å². The molecule has 0 aliphatic carbocycles.